The predicted molar refractivity (Wildman–Crippen MR) is 51.6 cm³/mol. The standard InChI is InChI=1S/C11H13N/c1-11(12)7-10(8-11)9-5-3-2-4-6-9/h2-7H,8,12H2,1H3. The van der Waals surface area contributed by atoms with Crippen molar-refractivity contribution in [1.82, 2.24) is 0 Å². The van der Waals surface area contributed by atoms with Gasteiger partial charge in [-0.15, -0.1) is 0 Å². The van der Waals surface area contributed by atoms with E-state index in [1.165, 1.54) is 11.1 Å². The van der Waals surface area contributed by atoms with E-state index in [1.807, 2.05) is 6.07 Å². The van der Waals surface area contributed by atoms with Crippen molar-refractivity contribution in [3.05, 3.63) is 42.0 Å². The molecule has 2 N–H and O–H groups in total. The summed E-state index contributed by atoms with van der Waals surface area (Å²) in [7, 11) is 0. The van der Waals surface area contributed by atoms with Crippen molar-refractivity contribution in [3.8, 4) is 0 Å². The maximum Gasteiger partial charge on any atom is 0.0357 e. The van der Waals surface area contributed by atoms with E-state index >= 15 is 0 Å². The Morgan fingerprint density at radius 1 is 1.25 bits per heavy atom. The monoisotopic (exact) mass is 159 g/mol. The van der Waals surface area contributed by atoms with Crippen LogP contribution in [-0.2, 0) is 0 Å². The molecule has 1 unspecified atom stereocenters. The average Bonchev–Trinajstić information content (AvgIpc) is 2.02. The second-order valence-electron chi connectivity index (χ2n) is 3.72. The Kier molecular flexibility index (Phi) is 1.55. The molecule has 0 aromatic heterocycles. The average molecular weight is 159 g/mol. The molecule has 1 aromatic carbocycles. The Bertz CT molecular complexity index is 309. The zero-order valence-electron chi connectivity index (χ0n) is 7.25. The predicted octanol–water partition coefficient (Wildman–Crippen LogP) is 2.19. The molecule has 0 saturated heterocycles. The molecule has 1 nitrogen and oxygen atoms in total. The van der Waals surface area contributed by atoms with Crippen LogP contribution in [-0.4, -0.2) is 5.54 Å². The molecular formula is C11H13N. The van der Waals surface area contributed by atoms with Crippen LogP contribution in [0.15, 0.2) is 36.4 Å². The van der Waals surface area contributed by atoms with Crippen LogP contribution >= 0.6 is 0 Å². The van der Waals surface area contributed by atoms with E-state index in [0.717, 1.165) is 6.42 Å². The summed E-state index contributed by atoms with van der Waals surface area (Å²) in [5.41, 5.74) is 8.49. The van der Waals surface area contributed by atoms with Gasteiger partial charge in [-0.2, -0.15) is 0 Å². The van der Waals surface area contributed by atoms with Crippen LogP contribution < -0.4 is 5.73 Å². The molecule has 1 aliphatic carbocycles. The molecule has 0 heterocycles. The first-order chi connectivity index (χ1) is 5.67. The van der Waals surface area contributed by atoms with Gasteiger partial charge in [0.1, 0.15) is 0 Å². The zero-order valence-corrected chi connectivity index (χ0v) is 7.25. The minimum absolute atomic E-state index is 0.0643. The molecule has 0 bridgehead atoms. The maximum absolute atomic E-state index is 5.87. The molecule has 0 amide bonds. The Hall–Kier alpha value is -1.08. The van der Waals surface area contributed by atoms with Crippen molar-refractivity contribution in [3.63, 3.8) is 0 Å². The van der Waals surface area contributed by atoms with E-state index in [0.29, 0.717) is 0 Å². The first-order valence-electron chi connectivity index (χ1n) is 4.23. The molecule has 0 fully saturated rings. The second-order valence-corrected chi connectivity index (χ2v) is 3.72. The van der Waals surface area contributed by atoms with E-state index < -0.39 is 0 Å². The summed E-state index contributed by atoms with van der Waals surface area (Å²) in [6, 6.07) is 10.4. The van der Waals surface area contributed by atoms with Gasteiger partial charge in [0.2, 0.25) is 0 Å². The molecule has 0 spiro atoms. The van der Waals surface area contributed by atoms with Crippen molar-refractivity contribution in [1.29, 1.82) is 0 Å². The lowest BCUT2D eigenvalue weighted by Gasteiger charge is -2.32. The van der Waals surface area contributed by atoms with Crippen molar-refractivity contribution >= 4 is 5.57 Å². The minimum atomic E-state index is -0.0643. The second kappa shape index (κ2) is 2.46. The van der Waals surface area contributed by atoms with Crippen LogP contribution in [0.25, 0.3) is 5.57 Å². The van der Waals surface area contributed by atoms with Crippen LogP contribution in [0, 0.1) is 0 Å². The smallest absolute Gasteiger partial charge is 0.0357 e. The highest BCUT2D eigenvalue weighted by atomic mass is 14.7. The third-order valence-electron chi connectivity index (χ3n) is 2.22. The van der Waals surface area contributed by atoms with Crippen molar-refractivity contribution in [2.24, 2.45) is 5.73 Å². The van der Waals surface area contributed by atoms with E-state index in [9.17, 15) is 0 Å². The largest absolute Gasteiger partial charge is 0.322 e. The number of benzene rings is 1. The lowest BCUT2D eigenvalue weighted by Crippen LogP contribution is -2.40. The molecule has 1 aromatic rings. The zero-order chi connectivity index (χ0) is 8.60. The van der Waals surface area contributed by atoms with Gasteiger partial charge in [0.25, 0.3) is 0 Å². The van der Waals surface area contributed by atoms with Crippen LogP contribution in [0.5, 0.6) is 0 Å². The number of rotatable bonds is 1. The Morgan fingerprint density at radius 3 is 2.33 bits per heavy atom. The summed E-state index contributed by atoms with van der Waals surface area (Å²) in [5.74, 6) is 0. The molecule has 0 saturated carbocycles. The van der Waals surface area contributed by atoms with E-state index in [4.69, 9.17) is 5.73 Å². The van der Waals surface area contributed by atoms with E-state index in [1.54, 1.807) is 0 Å². The SMILES string of the molecule is CC1(N)C=C(c2ccccc2)C1. The number of nitrogens with two attached hydrogens (primary N) is 1. The summed E-state index contributed by atoms with van der Waals surface area (Å²) in [5, 5.41) is 0. The lowest BCUT2D eigenvalue weighted by atomic mass is 9.78. The lowest BCUT2D eigenvalue weighted by molar-refractivity contribution is 0.562. The quantitative estimate of drug-likeness (QED) is 0.667. The highest BCUT2D eigenvalue weighted by molar-refractivity contribution is 5.73. The molecule has 2 rings (SSSR count). The summed E-state index contributed by atoms with van der Waals surface area (Å²) >= 11 is 0. The van der Waals surface area contributed by atoms with E-state index in [2.05, 4.69) is 37.3 Å². The summed E-state index contributed by atoms with van der Waals surface area (Å²) in [4.78, 5) is 0. The maximum atomic E-state index is 5.87. The molecule has 1 atom stereocenters. The Balaban J connectivity index is 2.26. The fourth-order valence-corrected chi connectivity index (χ4v) is 1.62. The number of hydrogen-bond donors (Lipinski definition) is 1. The molecular weight excluding hydrogens is 146 g/mol. The first-order valence-corrected chi connectivity index (χ1v) is 4.23. The molecule has 1 heteroatoms. The number of hydrogen-bond acceptors (Lipinski definition) is 1. The van der Waals surface area contributed by atoms with Gasteiger partial charge in [0.15, 0.2) is 0 Å². The van der Waals surface area contributed by atoms with Gasteiger partial charge < -0.3 is 5.73 Å². The van der Waals surface area contributed by atoms with Crippen LogP contribution in [0.2, 0.25) is 0 Å². The summed E-state index contributed by atoms with van der Waals surface area (Å²) in [6.45, 7) is 2.06. The van der Waals surface area contributed by atoms with Crippen LogP contribution in [0.3, 0.4) is 0 Å². The Labute approximate surface area is 72.9 Å². The van der Waals surface area contributed by atoms with Crippen molar-refractivity contribution < 1.29 is 0 Å². The van der Waals surface area contributed by atoms with Gasteiger partial charge in [-0.05, 0) is 24.5 Å². The van der Waals surface area contributed by atoms with Crippen molar-refractivity contribution in [2.75, 3.05) is 0 Å². The van der Waals surface area contributed by atoms with Gasteiger partial charge in [-0.1, -0.05) is 36.4 Å². The fraction of sp³-hybridized carbons (Fsp3) is 0.273. The van der Waals surface area contributed by atoms with Gasteiger partial charge >= 0.3 is 0 Å². The molecule has 1 aliphatic rings. The summed E-state index contributed by atoms with van der Waals surface area (Å²) in [6.07, 6.45) is 3.14. The highest BCUT2D eigenvalue weighted by Gasteiger charge is 2.27. The topological polar surface area (TPSA) is 26.0 Å². The third kappa shape index (κ3) is 1.28. The van der Waals surface area contributed by atoms with Gasteiger partial charge in [0.05, 0.1) is 0 Å². The van der Waals surface area contributed by atoms with Crippen molar-refractivity contribution in [2.45, 2.75) is 18.9 Å². The third-order valence-corrected chi connectivity index (χ3v) is 2.22. The summed E-state index contributed by atoms with van der Waals surface area (Å²) < 4.78 is 0. The molecule has 12 heavy (non-hydrogen) atoms. The van der Waals surface area contributed by atoms with Crippen LogP contribution in [0.1, 0.15) is 18.9 Å². The van der Waals surface area contributed by atoms with Crippen LogP contribution in [0.4, 0.5) is 0 Å². The van der Waals surface area contributed by atoms with Gasteiger partial charge in [-0.25, -0.2) is 0 Å². The van der Waals surface area contributed by atoms with Gasteiger partial charge in [0, 0.05) is 5.54 Å². The molecule has 62 valence electrons. The normalized spacial score (nSPS) is 27.7. The van der Waals surface area contributed by atoms with Gasteiger partial charge in [-0.3, -0.25) is 0 Å². The molecule has 0 aliphatic heterocycles. The fourth-order valence-electron chi connectivity index (χ4n) is 1.62. The minimum Gasteiger partial charge on any atom is -0.322 e. The Morgan fingerprint density at radius 2 is 1.83 bits per heavy atom. The molecule has 0 radical (unpaired) electrons. The first kappa shape index (κ1) is 7.56. The van der Waals surface area contributed by atoms with E-state index in [-0.39, 0.29) is 5.54 Å². The highest BCUT2D eigenvalue weighted by Crippen LogP contribution is 2.34.